The zero-order valence-corrected chi connectivity index (χ0v) is 17.9. The van der Waals surface area contributed by atoms with Crippen LogP contribution in [0, 0.1) is 0 Å². The molecule has 8 nitrogen and oxygen atoms in total. The van der Waals surface area contributed by atoms with Gasteiger partial charge in [0.05, 0.1) is 11.9 Å². The summed E-state index contributed by atoms with van der Waals surface area (Å²) in [5, 5.41) is 11.4. The Hall–Kier alpha value is -3.91. The topological polar surface area (TPSA) is 124 Å². The fraction of sp³-hybridized carbons (Fsp3) is 0.240. The van der Waals surface area contributed by atoms with E-state index in [0.717, 1.165) is 24.2 Å². The molecule has 1 aliphatic heterocycles. The molecule has 2 atom stereocenters. The van der Waals surface area contributed by atoms with Gasteiger partial charge in [-0.15, -0.1) is 0 Å². The number of fused-ring (bicyclic) bond motifs is 1. The average Bonchev–Trinajstić information content (AvgIpc) is 2.84. The van der Waals surface area contributed by atoms with Gasteiger partial charge >= 0.3 is 5.97 Å². The van der Waals surface area contributed by atoms with Gasteiger partial charge < -0.3 is 25.6 Å². The van der Waals surface area contributed by atoms with Crippen LogP contribution in [0.2, 0.25) is 0 Å². The van der Waals surface area contributed by atoms with Crippen molar-refractivity contribution in [2.24, 2.45) is 5.73 Å². The predicted molar refractivity (Wildman–Crippen MR) is 122 cm³/mol. The van der Waals surface area contributed by atoms with Crippen molar-refractivity contribution >= 4 is 17.6 Å². The molecule has 4 rings (SSSR count). The van der Waals surface area contributed by atoms with E-state index in [2.05, 4.69) is 22.4 Å². The van der Waals surface area contributed by atoms with Crippen molar-refractivity contribution in [1.82, 2.24) is 4.98 Å². The van der Waals surface area contributed by atoms with Gasteiger partial charge in [-0.3, -0.25) is 9.59 Å². The molecule has 0 bridgehead atoms. The van der Waals surface area contributed by atoms with E-state index in [1.807, 2.05) is 36.4 Å². The number of pyridine rings is 1. The molecule has 1 unspecified atom stereocenters. The number of carbonyl (C=O) groups is 2. The first-order valence-corrected chi connectivity index (χ1v) is 10.7. The highest BCUT2D eigenvalue weighted by Gasteiger charge is 2.21. The molecule has 33 heavy (non-hydrogen) atoms. The lowest BCUT2D eigenvalue weighted by Crippen LogP contribution is -2.31. The lowest BCUT2D eigenvalue weighted by atomic mass is 9.97. The van der Waals surface area contributed by atoms with E-state index in [1.165, 1.54) is 11.8 Å². The summed E-state index contributed by atoms with van der Waals surface area (Å²) in [6.45, 7) is 0. The maximum Gasteiger partial charge on any atom is 0.320 e. The first-order valence-electron chi connectivity index (χ1n) is 10.7. The number of carboxylic acid groups (broad SMARTS) is 1. The maximum atomic E-state index is 11.9. The van der Waals surface area contributed by atoms with E-state index in [4.69, 9.17) is 20.3 Å². The molecule has 2 aromatic carbocycles. The molecule has 1 amide bonds. The van der Waals surface area contributed by atoms with Crippen molar-refractivity contribution in [3.63, 3.8) is 0 Å². The minimum absolute atomic E-state index is 0.00798. The highest BCUT2D eigenvalue weighted by Crippen LogP contribution is 2.37. The van der Waals surface area contributed by atoms with Gasteiger partial charge in [-0.05, 0) is 54.7 Å². The fourth-order valence-electron chi connectivity index (χ4n) is 3.60. The Labute approximate surface area is 191 Å². The van der Waals surface area contributed by atoms with Crippen LogP contribution in [0.5, 0.6) is 17.4 Å². The van der Waals surface area contributed by atoms with Crippen LogP contribution in [0.1, 0.15) is 36.5 Å². The number of anilines is 1. The second kappa shape index (κ2) is 10.1. The van der Waals surface area contributed by atoms with Gasteiger partial charge in [-0.2, -0.15) is 0 Å². The van der Waals surface area contributed by atoms with Gasteiger partial charge in [0, 0.05) is 12.5 Å². The molecular formula is C25H25N3O5. The Kier molecular flexibility index (Phi) is 6.85. The van der Waals surface area contributed by atoms with Crippen molar-refractivity contribution in [2.45, 2.75) is 37.8 Å². The third-order valence-electron chi connectivity index (χ3n) is 5.39. The van der Waals surface area contributed by atoms with Crippen LogP contribution in [-0.4, -0.2) is 28.0 Å². The molecule has 1 aromatic heterocycles. The number of ether oxygens (including phenoxy) is 2. The molecule has 0 spiro atoms. The number of carbonyl (C=O) groups excluding carboxylic acids is 1. The monoisotopic (exact) mass is 447 g/mol. The number of rotatable bonds is 8. The first kappa shape index (κ1) is 22.3. The zero-order chi connectivity index (χ0) is 23.2. The number of nitrogens with two attached hydrogens (primary N) is 1. The van der Waals surface area contributed by atoms with Crippen LogP contribution in [-0.2, 0) is 16.0 Å². The minimum Gasteiger partial charge on any atom is -0.485 e. The number of aromatic nitrogens is 1. The van der Waals surface area contributed by atoms with Crippen LogP contribution in [0.25, 0.3) is 0 Å². The SMILES string of the molecule is N[C@@H](CCC(=O)Nc1ccc(Oc2ccc3c(c2)CCC(c2ccccc2)O3)nc1)C(=O)O. The third-order valence-corrected chi connectivity index (χ3v) is 5.39. The Morgan fingerprint density at radius 2 is 2.00 bits per heavy atom. The van der Waals surface area contributed by atoms with Crippen LogP contribution >= 0.6 is 0 Å². The lowest BCUT2D eigenvalue weighted by Gasteiger charge is -2.26. The van der Waals surface area contributed by atoms with E-state index in [1.54, 1.807) is 12.1 Å². The second-order valence-corrected chi connectivity index (χ2v) is 7.84. The average molecular weight is 447 g/mol. The normalized spacial score (nSPS) is 15.6. The van der Waals surface area contributed by atoms with Crippen molar-refractivity contribution in [2.75, 3.05) is 5.32 Å². The van der Waals surface area contributed by atoms with Crippen molar-refractivity contribution in [3.05, 3.63) is 78.0 Å². The van der Waals surface area contributed by atoms with Gasteiger partial charge in [0.25, 0.3) is 0 Å². The van der Waals surface area contributed by atoms with E-state index < -0.39 is 12.0 Å². The molecule has 4 N–H and O–H groups in total. The van der Waals surface area contributed by atoms with Gasteiger partial charge in [0.15, 0.2) is 0 Å². The summed E-state index contributed by atoms with van der Waals surface area (Å²) < 4.78 is 12.0. The van der Waals surface area contributed by atoms with Crippen molar-refractivity contribution in [3.8, 4) is 17.4 Å². The second-order valence-electron chi connectivity index (χ2n) is 7.84. The highest BCUT2D eigenvalue weighted by molar-refractivity contribution is 5.90. The van der Waals surface area contributed by atoms with Gasteiger partial charge in [0.1, 0.15) is 23.6 Å². The lowest BCUT2D eigenvalue weighted by molar-refractivity contribution is -0.138. The van der Waals surface area contributed by atoms with Gasteiger partial charge in [0.2, 0.25) is 11.8 Å². The number of carboxylic acids is 1. The molecule has 0 fully saturated rings. The summed E-state index contributed by atoms with van der Waals surface area (Å²) in [5.41, 5.74) is 8.16. The molecule has 0 radical (unpaired) electrons. The number of amides is 1. The first-order chi connectivity index (χ1) is 16.0. The van der Waals surface area contributed by atoms with E-state index in [-0.39, 0.29) is 24.9 Å². The van der Waals surface area contributed by atoms with Gasteiger partial charge in [-0.1, -0.05) is 30.3 Å². The van der Waals surface area contributed by atoms with Crippen LogP contribution in [0.4, 0.5) is 5.69 Å². The summed E-state index contributed by atoms with van der Waals surface area (Å²) in [6, 6.07) is 18.2. The van der Waals surface area contributed by atoms with Crippen molar-refractivity contribution in [1.29, 1.82) is 0 Å². The quantitative estimate of drug-likeness (QED) is 0.475. The summed E-state index contributed by atoms with van der Waals surface area (Å²) >= 11 is 0. The number of aliphatic carboxylic acids is 1. The minimum atomic E-state index is -1.13. The van der Waals surface area contributed by atoms with E-state index in [9.17, 15) is 9.59 Å². The highest BCUT2D eigenvalue weighted by atomic mass is 16.5. The molecule has 170 valence electrons. The van der Waals surface area contributed by atoms with E-state index >= 15 is 0 Å². The number of hydrogen-bond donors (Lipinski definition) is 3. The standard InChI is InChI=1S/C25H25N3O5/c26-20(25(30)31)9-12-23(29)28-18-7-13-24(27-15-18)32-19-8-11-22-17(14-19)6-10-21(33-22)16-4-2-1-3-5-16/h1-5,7-8,11,13-15,20-21H,6,9-10,12,26H2,(H,28,29)(H,30,31)/t20-,21?/m0/s1. The molecule has 0 saturated carbocycles. The van der Waals surface area contributed by atoms with Crippen LogP contribution < -0.4 is 20.5 Å². The number of benzene rings is 2. The van der Waals surface area contributed by atoms with Crippen molar-refractivity contribution < 1.29 is 24.2 Å². The maximum absolute atomic E-state index is 11.9. The number of hydrogen-bond acceptors (Lipinski definition) is 6. The summed E-state index contributed by atoms with van der Waals surface area (Å²) in [4.78, 5) is 26.9. The molecule has 2 heterocycles. The Morgan fingerprint density at radius 3 is 2.73 bits per heavy atom. The molecule has 0 aliphatic carbocycles. The molecular weight excluding hydrogens is 422 g/mol. The third kappa shape index (κ3) is 5.87. The zero-order valence-electron chi connectivity index (χ0n) is 17.9. The Morgan fingerprint density at radius 1 is 1.18 bits per heavy atom. The smallest absolute Gasteiger partial charge is 0.320 e. The Balaban J connectivity index is 1.32. The van der Waals surface area contributed by atoms with Crippen LogP contribution in [0.15, 0.2) is 66.9 Å². The predicted octanol–water partition coefficient (Wildman–Crippen LogP) is 4.07. The summed E-state index contributed by atoms with van der Waals surface area (Å²) in [5.74, 6) is 0.444. The van der Waals surface area contributed by atoms with Crippen LogP contribution in [0.3, 0.4) is 0 Å². The Bertz CT molecular complexity index is 1120. The number of nitrogens with one attached hydrogen (secondary N) is 1. The van der Waals surface area contributed by atoms with Gasteiger partial charge in [-0.25, -0.2) is 4.98 Å². The fourth-order valence-corrected chi connectivity index (χ4v) is 3.60. The van der Waals surface area contributed by atoms with E-state index in [0.29, 0.717) is 17.3 Å². The summed E-state index contributed by atoms with van der Waals surface area (Å²) in [6.07, 6.45) is 3.38. The number of aryl methyl sites for hydroxylation is 1. The largest absolute Gasteiger partial charge is 0.485 e. The number of nitrogens with zero attached hydrogens (tertiary/aromatic N) is 1. The molecule has 0 saturated heterocycles. The molecule has 8 heteroatoms. The molecule has 1 aliphatic rings. The summed E-state index contributed by atoms with van der Waals surface area (Å²) in [7, 11) is 0. The molecule has 3 aromatic rings.